The van der Waals surface area contributed by atoms with Crippen LogP contribution in [0.25, 0.3) is 0 Å². The minimum Gasteiger partial charge on any atom is -0.482 e. The monoisotopic (exact) mass is 574 g/mol. The number of aryl methyl sites for hydroxylation is 1. The van der Waals surface area contributed by atoms with Gasteiger partial charge in [-0.3, -0.25) is 14.5 Å². The summed E-state index contributed by atoms with van der Waals surface area (Å²) in [5.74, 6) is 0.360. The zero-order chi connectivity index (χ0) is 27.9. The molecule has 0 saturated carbocycles. The van der Waals surface area contributed by atoms with Gasteiger partial charge < -0.3 is 14.5 Å². The highest BCUT2D eigenvalue weighted by molar-refractivity contribution is 7.89. The number of carbonyl (C=O) groups excluding carboxylic acids is 2. The lowest BCUT2D eigenvalue weighted by Gasteiger charge is -2.38. The zero-order valence-corrected chi connectivity index (χ0v) is 24.2. The van der Waals surface area contributed by atoms with Crippen molar-refractivity contribution in [1.29, 1.82) is 0 Å². The first-order chi connectivity index (χ1) is 18.5. The number of anilines is 2. The van der Waals surface area contributed by atoms with E-state index in [1.807, 2.05) is 25.1 Å². The van der Waals surface area contributed by atoms with Gasteiger partial charge in [-0.25, -0.2) is 8.42 Å². The first-order valence-corrected chi connectivity index (χ1v) is 15.2. The van der Waals surface area contributed by atoms with Gasteiger partial charge >= 0.3 is 0 Å². The molecule has 3 heterocycles. The SMILES string of the molecule is Cc1ccc(Cl)cc1N1CCN(C(=O)CN2C(=O)COc3ccc(S(=O)(=O)N4C[C@H](C)C[C@@H](C)C4)cc32)CC1. The van der Waals surface area contributed by atoms with Crippen molar-refractivity contribution in [3.05, 3.63) is 47.0 Å². The Morgan fingerprint density at radius 1 is 1.00 bits per heavy atom. The average molecular weight is 575 g/mol. The molecular formula is C28H35ClN4O5S. The lowest BCUT2D eigenvalue weighted by molar-refractivity contribution is -0.132. The van der Waals surface area contributed by atoms with Gasteiger partial charge in [-0.2, -0.15) is 4.31 Å². The number of sulfonamides is 1. The lowest BCUT2D eigenvalue weighted by atomic mass is 9.94. The Hall–Kier alpha value is -2.82. The molecule has 2 aromatic rings. The van der Waals surface area contributed by atoms with Crippen LogP contribution in [-0.4, -0.2) is 81.9 Å². The number of halogens is 1. The number of piperazine rings is 1. The predicted octanol–water partition coefficient (Wildman–Crippen LogP) is 3.39. The number of ether oxygens (including phenoxy) is 1. The highest BCUT2D eigenvalue weighted by atomic mass is 35.5. The molecule has 3 aliphatic rings. The summed E-state index contributed by atoms with van der Waals surface area (Å²) in [5, 5.41) is 0.671. The Balaban J connectivity index is 1.31. The number of benzene rings is 2. The molecule has 0 aliphatic carbocycles. The molecule has 0 bridgehead atoms. The van der Waals surface area contributed by atoms with Crippen LogP contribution in [0.4, 0.5) is 11.4 Å². The van der Waals surface area contributed by atoms with E-state index in [4.69, 9.17) is 16.3 Å². The zero-order valence-electron chi connectivity index (χ0n) is 22.6. The van der Waals surface area contributed by atoms with Gasteiger partial charge in [-0.1, -0.05) is 31.5 Å². The maximum Gasteiger partial charge on any atom is 0.265 e. The molecule has 0 N–H and O–H groups in total. The predicted molar refractivity (Wildman–Crippen MR) is 151 cm³/mol. The van der Waals surface area contributed by atoms with Gasteiger partial charge in [0.15, 0.2) is 6.61 Å². The Bertz CT molecular complexity index is 1370. The smallest absolute Gasteiger partial charge is 0.265 e. The number of carbonyl (C=O) groups is 2. The van der Waals surface area contributed by atoms with Crippen molar-refractivity contribution in [2.24, 2.45) is 11.8 Å². The number of fused-ring (bicyclic) bond motifs is 1. The topological polar surface area (TPSA) is 90.5 Å². The quantitative estimate of drug-likeness (QED) is 0.544. The Labute approximate surface area is 235 Å². The second-order valence-electron chi connectivity index (χ2n) is 11.0. The van der Waals surface area contributed by atoms with Gasteiger partial charge in [0.05, 0.1) is 10.6 Å². The Kier molecular flexibility index (Phi) is 7.81. The molecule has 39 heavy (non-hydrogen) atoms. The summed E-state index contributed by atoms with van der Waals surface area (Å²) >= 11 is 6.20. The second-order valence-corrected chi connectivity index (χ2v) is 13.3. The van der Waals surface area contributed by atoms with E-state index in [0.717, 1.165) is 17.7 Å². The number of hydrogen-bond donors (Lipinski definition) is 0. The van der Waals surface area contributed by atoms with Crippen molar-refractivity contribution in [2.75, 3.05) is 62.2 Å². The molecule has 5 rings (SSSR count). The molecular weight excluding hydrogens is 540 g/mol. The van der Waals surface area contributed by atoms with E-state index < -0.39 is 10.0 Å². The molecule has 2 fully saturated rings. The largest absolute Gasteiger partial charge is 0.482 e. The van der Waals surface area contributed by atoms with Crippen LogP contribution >= 0.6 is 11.6 Å². The van der Waals surface area contributed by atoms with Crippen molar-refractivity contribution >= 4 is 44.8 Å². The maximum atomic E-state index is 13.5. The summed E-state index contributed by atoms with van der Waals surface area (Å²) in [6.07, 6.45) is 0.988. The summed E-state index contributed by atoms with van der Waals surface area (Å²) in [5.41, 5.74) is 2.49. The minimum absolute atomic E-state index is 0.101. The van der Waals surface area contributed by atoms with Crippen LogP contribution < -0.4 is 14.5 Å². The van der Waals surface area contributed by atoms with Gasteiger partial charge in [0, 0.05) is 50.0 Å². The molecule has 0 spiro atoms. The van der Waals surface area contributed by atoms with Gasteiger partial charge in [0.2, 0.25) is 15.9 Å². The fourth-order valence-corrected chi connectivity index (χ4v) is 7.69. The van der Waals surface area contributed by atoms with E-state index in [0.29, 0.717) is 55.7 Å². The van der Waals surface area contributed by atoms with Crippen LogP contribution in [-0.2, 0) is 19.6 Å². The van der Waals surface area contributed by atoms with E-state index in [9.17, 15) is 18.0 Å². The van der Waals surface area contributed by atoms with Crippen molar-refractivity contribution in [2.45, 2.75) is 32.1 Å². The van der Waals surface area contributed by atoms with Crippen LogP contribution in [0.1, 0.15) is 25.8 Å². The summed E-state index contributed by atoms with van der Waals surface area (Å²) in [4.78, 5) is 31.6. The molecule has 9 nitrogen and oxygen atoms in total. The summed E-state index contributed by atoms with van der Waals surface area (Å²) in [6, 6.07) is 10.4. The lowest BCUT2D eigenvalue weighted by Crippen LogP contribution is -2.53. The van der Waals surface area contributed by atoms with Crippen LogP contribution in [0, 0.1) is 18.8 Å². The van der Waals surface area contributed by atoms with E-state index >= 15 is 0 Å². The standard InChI is InChI=1S/C28H35ClN4O5S/c1-19-12-20(2)16-32(15-19)39(36,37)23-6-7-26-25(14-23)33(28(35)18-38-26)17-27(34)31-10-8-30(9-11-31)24-13-22(29)5-4-21(24)3/h4-7,13-14,19-20H,8-12,15-18H2,1-3H3/t19-,20-/m1/s1. The average Bonchev–Trinajstić information content (AvgIpc) is 2.91. The maximum absolute atomic E-state index is 13.5. The Morgan fingerprint density at radius 3 is 2.38 bits per heavy atom. The first-order valence-electron chi connectivity index (χ1n) is 13.4. The van der Waals surface area contributed by atoms with Crippen LogP contribution in [0.15, 0.2) is 41.3 Å². The number of piperidine rings is 1. The number of rotatable bonds is 5. The molecule has 0 radical (unpaired) electrons. The fourth-order valence-electron chi connectivity index (χ4n) is 5.82. The molecule has 2 atom stereocenters. The molecule has 2 amide bonds. The normalized spacial score (nSPS) is 22.5. The summed E-state index contributed by atoms with van der Waals surface area (Å²) in [7, 11) is -3.76. The van der Waals surface area contributed by atoms with Gasteiger partial charge in [0.1, 0.15) is 12.3 Å². The van der Waals surface area contributed by atoms with Crippen LogP contribution in [0.5, 0.6) is 5.75 Å². The highest BCUT2D eigenvalue weighted by Gasteiger charge is 2.35. The van der Waals surface area contributed by atoms with Crippen LogP contribution in [0.2, 0.25) is 5.02 Å². The van der Waals surface area contributed by atoms with Gasteiger partial charge in [0.25, 0.3) is 5.91 Å². The number of nitrogens with zero attached hydrogens (tertiary/aromatic N) is 4. The van der Waals surface area contributed by atoms with E-state index in [1.54, 1.807) is 11.0 Å². The number of hydrogen-bond acceptors (Lipinski definition) is 6. The second kappa shape index (κ2) is 11.0. The highest BCUT2D eigenvalue weighted by Crippen LogP contribution is 2.36. The van der Waals surface area contributed by atoms with Crippen molar-refractivity contribution in [1.82, 2.24) is 9.21 Å². The van der Waals surface area contributed by atoms with E-state index in [2.05, 4.69) is 18.7 Å². The molecule has 3 aliphatic heterocycles. The minimum atomic E-state index is -3.76. The van der Waals surface area contributed by atoms with Gasteiger partial charge in [-0.15, -0.1) is 0 Å². The summed E-state index contributed by atoms with van der Waals surface area (Å²) < 4.78 is 34.1. The number of amides is 2. The first kappa shape index (κ1) is 27.7. The molecule has 11 heteroatoms. The van der Waals surface area contributed by atoms with Gasteiger partial charge in [-0.05, 0) is 61.1 Å². The third-order valence-electron chi connectivity index (χ3n) is 7.78. The van der Waals surface area contributed by atoms with Crippen LogP contribution in [0.3, 0.4) is 0 Å². The molecule has 2 aromatic carbocycles. The molecule has 2 saturated heterocycles. The van der Waals surface area contributed by atoms with Crippen molar-refractivity contribution < 1.29 is 22.7 Å². The molecule has 0 unspecified atom stereocenters. The third kappa shape index (κ3) is 5.73. The van der Waals surface area contributed by atoms with Crippen molar-refractivity contribution in [3.8, 4) is 5.75 Å². The fraction of sp³-hybridized carbons (Fsp3) is 0.500. The Morgan fingerprint density at radius 2 is 1.69 bits per heavy atom. The van der Waals surface area contributed by atoms with E-state index in [-0.39, 0.29) is 41.7 Å². The molecule has 0 aromatic heterocycles. The summed E-state index contributed by atoms with van der Waals surface area (Å²) in [6.45, 7) is 9.01. The van der Waals surface area contributed by atoms with E-state index in [1.165, 1.54) is 21.3 Å². The third-order valence-corrected chi connectivity index (χ3v) is 9.85. The molecule has 210 valence electrons. The van der Waals surface area contributed by atoms with Crippen molar-refractivity contribution in [3.63, 3.8) is 0 Å².